The molecule has 0 atom stereocenters. The SMILES string of the molecule is CCS(=O)(=O)Nc1ccc(C(=O)NCCOc2ccc3ccccc3c2)cc1. The summed E-state index contributed by atoms with van der Waals surface area (Å²) in [5, 5.41) is 5.03. The molecular weight excluding hydrogens is 376 g/mol. The van der Waals surface area contributed by atoms with E-state index in [9.17, 15) is 13.2 Å². The maximum atomic E-state index is 12.2. The maximum absolute atomic E-state index is 12.2. The van der Waals surface area contributed by atoms with Crippen molar-refractivity contribution in [3.63, 3.8) is 0 Å². The Morgan fingerprint density at radius 2 is 1.68 bits per heavy atom. The summed E-state index contributed by atoms with van der Waals surface area (Å²) in [6.45, 7) is 2.26. The summed E-state index contributed by atoms with van der Waals surface area (Å²) in [7, 11) is -3.33. The molecule has 0 spiro atoms. The van der Waals surface area contributed by atoms with E-state index in [0.29, 0.717) is 24.4 Å². The van der Waals surface area contributed by atoms with Crippen molar-refractivity contribution in [2.75, 3.05) is 23.6 Å². The molecule has 0 aromatic heterocycles. The van der Waals surface area contributed by atoms with Gasteiger partial charge in [-0.3, -0.25) is 9.52 Å². The van der Waals surface area contributed by atoms with Crippen molar-refractivity contribution < 1.29 is 17.9 Å². The van der Waals surface area contributed by atoms with Gasteiger partial charge in [0.25, 0.3) is 5.91 Å². The standard InChI is InChI=1S/C21H22N2O4S/c1-2-28(25,26)23-19-10-7-17(8-11-19)21(24)22-13-14-27-20-12-9-16-5-3-4-6-18(16)15-20/h3-12,15,23H,2,13-14H2,1H3,(H,22,24). The predicted octanol–water partition coefficient (Wildman–Crippen LogP) is 3.41. The lowest BCUT2D eigenvalue weighted by molar-refractivity contribution is 0.0947. The van der Waals surface area contributed by atoms with Crippen LogP contribution in [0.1, 0.15) is 17.3 Å². The topological polar surface area (TPSA) is 84.5 Å². The summed E-state index contributed by atoms with van der Waals surface area (Å²) in [4.78, 5) is 12.2. The third-order valence-electron chi connectivity index (χ3n) is 4.18. The first-order valence-electron chi connectivity index (χ1n) is 8.97. The lowest BCUT2D eigenvalue weighted by Crippen LogP contribution is -2.28. The summed E-state index contributed by atoms with van der Waals surface area (Å²) in [6, 6.07) is 20.2. The van der Waals surface area contributed by atoms with Crippen LogP contribution in [0.25, 0.3) is 10.8 Å². The second-order valence-electron chi connectivity index (χ2n) is 6.20. The molecule has 0 saturated heterocycles. The fraction of sp³-hybridized carbons (Fsp3) is 0.190. The molecule has 0 radical (unpaired) electrons. The van der Waals surface area contributed by atoms with Gasteiger partial charge in [-0.2, -0.15) is 0 Å². The minimum atomic E-state index is -3.33. The molecule has 146 valence electrons. The van der Waals surface area contributed by atoms with Crippen LogP contribution >= 0.6 is 0 Å². The van der Waals surface area contributed by atoms with Crippen LogP contribution < -0.4 is 14.8 Å². The molecule has 1 amide bonds. The van der Waals surface area contributed by atoms with Crippen LogP contribution in [0.2, 0.25) is 0 Å². The van der Waals surface area contributed by atoms with Crippen LogP contribution in [0, 0.1) is 0 Å². The van der Waals surface area contributed by atoms with E-state index in [4.69, 9.17) is 4.74 Å². The first-order chi connectivity index (χ1) is 13.5. The van der Waals surface area contributed by atoms with E-state index in [1.54, 1.807) is 31.2 Å². The molecule has 3 aromatic rings. The summed E-state index contributed by atoms with van der Waals surface area (Å²) < 4.78 is 31.2. The third kappa shape index (κ3) is 5.23. The van der Waals surface area contributed by atoms with Gasteiger partial charge in [0.2, 0.25) is 10.0 Å². The summed E-state index contributed by atoms with van der Waals surface area (Å²) >= 11 is 0. The van der Waals surface area contributed by atoms with Crippen molar-refractivity contribution in [2.45, 2.75) is 6.92 Å². The molecule has 6 nitrogen and oxygen atoms in total. The Balaban J connectivity index is 1.48. The van der Waals surface area contributed by atoms with Crippen LogP contribution in [0.5, 0.6) is 5.75 Å². The van der Waals surface area contributed by atoms with Gasteiger partial charge in [0.05, 0.1) is 12.3 Å². The van der Waals surface area contributed by atoms with Gasteiger partial charge in [-0.25, -0.2) is 8.42 Å². The van der Waals surface area contributed by atoms with Gasteiger partial charge in [0.15, 0.2) is 0 Å². The zero-order valence-corrected chi connectivity index (χ0v) is 16.3. The number of anilines is 1. The first-order valence-corrected chi connectivity index (χ1v) is 10.6. The number of fused-ring (bicyclic) bond motifs is 1. The Bertz CT molecular complexity index is 1060. The Kier molecular flexibility index (Phi) is 6.16. The molecule has 3 rings (SSSR count). The number of sulfonamides is 1. The van der Waals surface area contributed by atoms with Gasteiger partial charge in [-0.1, -0.05) is 30.3 Å². The number of rotatable bonds is 8. The summed E-state index contributed by atoms with van der Waals surface area (Å²) in [5.74, 6) is 0.499. The minimum Gasteiger partial charge on any atom is -0.492 e. The van der Waals surface area contributed by atoms with E-state index < -0.39 is 10.0 Å². The van der Waals surface area contributed by atoms with Gasteiger partial charge in [0, 0.05) is 11.3 Å². The van der Waals surface area contributed by atoms with E-state index in [0.717, 1.165) is 16.5 Å². The van der Waals surface area contributed by atoms with Crippen LogP contribution in [-0.4, -0.2) is 33.2 Å². The van der Waals surface area contributed by atoms with E-state index >= 15 is 0 Å². The fourth-order valence-corrected chi connectivity index (χ4v) is 3.27. The van der Waals surface area contributed by atoms with E-state index in [1.165, 1.54) is 0 Å². The number of amides is 1. The number of hydrogen-bond donors (Lipinski definition) is 2. The number of hydrogen-bond acceptors (Lipinski definition) is 4. The molecule has 2 N–H and O–H groups in total. The molecule has 28 heavy (non-hydrogen) atoms. The predicted molar refractivity (Wildman–Crippen MR) is 111 cm³/mol. The molecule has 0 saturated carbocycles. The molecule has 0 aliphatic heterocycles. The number of benzene rings is 3. The Morgan fingerprint density at radius 3 is 2.39 bits per heavy atom. The number of nitrogens with one attached hydrogen (secondary N) is 2. The number of carbonyl (C=O) groups is 1. The molecule has 7 heteroatoms. The molecule has 3 aromatic carbocycles. The minimum absolute atomic E-state index is 0.00749. The second-order valence-corrected chi connectivity index (χ2v) is 8.21. The zero-order valence-electron chi connectivity index (χ0n) is 15.5. The highest BCUT2D eigenvalue weighted by Gasteiger charge is 2.09. The van der Waals surface area contributed by atoms with Crippen molar-refractivity contribution in [1.29, 1.82) is 0 Å². The summed E-state index contributed by atoms with van der Waals surface area (Å²) in [5.41, 5.74) is 0.878. The molecule has 0 aliphatic rings. The van der Waals surface area contributed by atoms with E-state index in [1.807, 2.05) is 42.5 Å². The second kappa shape index (κ2) is 8.75. The fourth-order valence-electron chi connectivity index (χ4n) is 2.63. The highest BCUT2D eigenvalue weighted by Crippen LogP contribution is 2.20. The average molecular weight is 398 g/mol. The monoisotopic (exact) mass is 398 g/mol. The molecule has 0 bridgehead atoms. The largest absolute Gasteiger partial charge is 0.492 e. The lowest BCUT2D eigenvalue weighted by atomic mass is 10.1. The lowest BCUT2D eigenvalue weighted by Gasteiger charge is -2.09. The van der Waals surface area contributed by atoms with E-state index in [-0.39, 0.29) is 11.7 Å². The first kappa shape index (κ1) is 19.7. The van der Waals surface area contributed by atoms with Crippen LogP contribution in [-0.2, 0) is 10.0 Å². The molecule has 0 heterocycles. The third-order valence-corrected chi connectivity index (χ3v) is 5.48. The van der Waals surface area contributed by atoms with Crippen molar-refractivity contribution >= 4 is 32.4 Å². The van der Waals surface area contributed by atoms with Crippen molar-refractivity contribution in [3.05, 3.63) is 72.3 Å². The summed E-state index contributed by atoms with van der Waals surface area (Å²) in [6.07, 6.45) is 0. The average Bonchev–Trinajstić information content (AvgIpc) is 2.71. The maximum Gasteiger partial charge on any atom is 0.251 e. The Hall–Kier alpha value is -3.06. The molecule has 0 fully saturated rings. The number of carbonyl (C=O) groups excluding carboxylic acids is 1. The highest BCUT2D eigenvalue weighted by molar-refractivity contribution is 7.92. The van der Waals surface area contributed by atoms with Crippen molar-refractivity contribution in [3.8, 4) is 5.75 Å². The van der Waals surface area contributed by atoms with Crippen molar-refractivity contribution in [1.82, 2.24) is 5.32 Å². The van der Waals surface area contributed by atoms with Gasteiger partial charge in [0.1, 0.15) is 12.4 Å². The Morgan fingerprint density at radius 1 is 0.964 bits per heavy atom. The van der Waals surface area contributed by atoms with Gasteiger partial charge < -0.3 is 10.1 Å². The van der Waals surface area contributed by atoms with Crippen LogP contribution in [0.4, 0.5) is 5.69 Å². The Labute approximate surface area is 164 Å². The van der Waals surface area contributed by atoms with Gasteiger partial charge in [-0.15, -0.1) is 0 Å². The quantitative estimate of drug-likeness (QED) is 0.570. The highest BCUT2D eigenvalue weighted by atomic mass is 32.2. The molecule has 0 aliphatic carbocycles. The smallest absolute Gasteiger partial charge is 0.251 e. The molecule has 0 unspecified atom stereocenters. The van der Waals surface area contributed by atoms with Gasteiger partial charge in [-0.05, 0) is 54.1 Å². The van der Waals surface area contributed by atoms with Crippen LogP contribution in [0.3, 0.4) is 0 Å². The zero-order chi connectivity index (χ0) is 20.0. The molecular formula is C21H22N2O4S. The normalized spacial score (nSPS) is 11.2. The van der Waals surface area contributed by atoms with Crippen molar-refractivity contribution in [2.24, 2.45) is 0 Å². The van der Waals surface area contributed by atoms with Crippen LogP contribution in [0.15, 0.2) is 66.7 Å². The van der Waals surface area contributed by atoms with Gasteiger partial charge >= 0.3 is 0 Å². The van der Waals surface area contributed by atoms with E-state index in [2.05, 4.69) is 10.0 Å². The number of ether oxygens (including phenoxy) is 1.